The Kier molecular flexibility index (Phi) is 7.65. The van der Waals surface area contributed by atoms with Gasteiger partial charge in [0, 0.05) is 25.1 Å². The van der Waals surface area contributed by atoms with Crippen LogP contribution in [0.4, 0.5) is 0 Å². The average molecular weight is 323 g/mol. The first-order valence-electron chi connectivity index (χ1n) is 7.49. The molecule has 0 aromatic carbocycles. The number of rotatable bonds is 10. The van der Waals surface area contributed by atoms with Gasteiger partial charge in [0.25, 0.3) is 11.8 Å². The van der Waals surface area contributed by atoms with E-state index in [1.54, 1.807) is 0 Å². The fraction of sp³-hybridized carbons (Fsp3) is 0.533. The highest BCUT2D eigenvalue weighted by Crippen LogP contribution is 2.07. The number of aldehydes is 1. The standard InChI is InChI=1S/C15H21N3O5/c1-11(10-19)17-13(21)9-16-12(20)5-3-2-4-8-18-14(22)6-7-15(18)23/h6-7,10-11H,2-5,8-9H2,1H3,(H,16,20)(H,17,21). The van der Waals surface area contributed by atoms with Crippen molar-refractivity contribution in [2.75, 3.05) is 13.1 Å². The quantitative estimate of drug-likeness (QED) is 0.313. The molecule has 1 heterocycles. The lowest BCUT2D eigenvalue weighted by Gasteiger charge is -2.13. The van der Waals surface area contributed by atoms with Crippen LogP contribution in [0.15, 0.2) is 12.2 Å². The molecule has 1 unspecified atom stereocenters. The molecule has 0 fully saturated rings. The maximum absolute atomic E-state index is 11.5. The van der Waals surface area contributed by atoms with Crippen LogP contribution < -0.4 is 10.6 Å². The SMILES string of the molecule is CC(C=O)NC(=O)CNC(=O)CCCCCN1C(=O)C=CC1=O. The van der Waals surface area contributed by atoms with E-state index in [0.29, 0.717) is 32.1 Å². The summed E-state index contributed by atoms with van der Waals surface area (Å²) in [7, 11) is 0. The first-order valence-corrected chi connectivity index (χ1v) is 7.49. The second-order valence-electron chi connectivity index (χ2n) is 5.24. The van der Waals surface area contributed by atoms with Crippen LogP contribution in [0.3, 0.4) is 0 Å². The van der Waals surface area contributed by atoms with Gasteiger partial charge in [0.15, 0.2) is 0 Å². The molecule has 8 nitrogen and oxygen atoms in total. The van der Waals surface area contributed by atoms with Crippen molar-refractivity contribution in [2.24, 2.45) is 0 Å². The van der Waals surface area contributed by atoms with Gasteiger partial charge >= 0.3 is 0 Å². The molecule has 4 amide bonds. The van der Waals surface area contributed by atoms with Crippen molar-refractivity contribution in [3.05, 3.63) is 12.2 Å². The fourth-order valence-electron chi connectivity index (χ4n) is 1.99. The summed E-state index contributed by atoms with van der Waals surface area (Å²) >= 11 is 0. The molecule has 0 saturated heterocycles. The number of hydrogen-bond acceptors (Lipinski definition) is 5. The monoisotopic (exact) mass is 323 g/mol. The van der Waals surface area contributed by atoms with Crippen molar-refractivity contribution in [2.45, 2.75) is 38.6 Å². The number of carbonyl (C=O) groups excluding carboxylic acids is 5. The van der Waals surface area contributed by atoms with Gasteiger partial charge in [0.2, 0.25) is 11.8 Å². The Labute approximate surface area is 134 Å². The lowest BCUT2D eigenvalue weighted by molar-refractivity contribution is -0.137. The zero-order chi connectivity index (χ0) is 17.2. The van der Waals surface area contributed by atoms with E-state index in [4.69, 9.17) is 0 Å². The normalized spacial score (nSPS) is 14.7. The van der Waals surface area contributed by atoms with Crippen molar-refractivity contribution < 1.29 is 24.0 Å². The lowest BCUT2D eigenvalue weighted by Crippen LogP contribution is -2.41. The minimum absolute atomic E-state index is 0.167. The molecule has 1 aliphatic heterocycles. The predicted molar refractivity (Wildman–Crippen MR) is 81.0 cm³/mol. The number of carbonyl (C=O) groups is 5. The number of nitrogens with zero attached hydrogens (tertiary/aromatic N) is 1. The molecule has 2 N–H and O–H groups in total. The van der Waals surface area contributed by atoms with Crippen LogP contribution in [-0.2, 0) is 24.0 Å². The van der Waals surface area contributed by atoms with E-state index in [1.807, 2.05) is 0 Å². The molecule has 0 saturated carbocycles. The molecule has 0 spiro atoms. The fourth-order valence-corrected chi connectivity index (χ4v) is 1.99. The maximum Gasteiger partial charge on any atom is 0.253 e. The van der Waals surface area contributed by atoms with Gasteiger partial charge in [0.05, 0.1) is 12.6 Å². The Morgan fingerprint density at radius 3 is 2.39 bits per heavy atom. The molecular weight excluding hydrogens is 302 g/mol. The number of amides is 4. The minimum atomic E-state index is -0.579. The Morgan fingerprint density at radius 2 is 1.78 bits per heavy atom. The molecule has 8 heteroatoms. The summed E-state index contributed by atoms with van der Waals surface area (Å²) in [5.41, 5.74) is 0. The Bertz CT molecular complexity index is 497. The van der Waals surface area contributed by atoms with Gasteiger partial charge < -0.3 is 15.4 Å². The lowest BCUT2D eigenvalue weighted by atomic mass is 10.2. The summed E-state index contributed by atoms with van der Waals surface area (Å²) in [6.45, 7) is 1.72. The summed E-state index contributed by atoms with van der Waals surface area (Å²) in [6.07, 6.45) is 5.27. The molecule has 0 aliphatic carbocycles. The Hall–Kier alpha value is -2.51. The van der Waals surface area contributed by atoms with Crippen molar-refractivity contribution in [3.63, 3.8) is 0 Å². The highest BCUT2D eigenvalue weighted by Gasteiger charge is 2.22. The van der Waals surface area contributed by atoms with Crippen LogP contribution in [0, 0.1) is 0 Å². The van der Waals surface area contributed by atoms with Crippen molar-refractivity contribution >= 4 is 29.9 Å². The van der Waals surface area contributed by atoms with E-state index in [-0.39, 0.29) is 30.7 Å². The van der Waals surface area contributed by atoms with Gasteiger partial charge in [-0.2, -0.15) is 0 Å². The predicted octanol–water partition coefficient (Wildman–Crippen LogP) is -0.708. The molecule has 0 aromatic heterocycles. The average Bonchev–Trinajstić information content (AvgIpc) is 2.84. The largest absolute Gasteiger partial charge is 0.347 e. The first kappa shape index (κ1) is 18.5. The molecule has 126 valence electrons. The molecule has 23 heavy (non-hydrogen) atoms. The summed E-state index contributed by atoms with van der Waals surface area (Å²) in [5, 5.41) is 4.87. The Balaban J connectivity index is 2.06. The zero-order valence-corrected chi connectivity index (χ0v) is 13.0. The molecule has 1 aliphatic rings. The van der Waals surface area contributed by atoms with Crippen molar-refractivity contribution in [3.8, 4) is 0 Å². The number of imide groups is 1. The summed E-state index contributed by atoms with van der Waals surface area (Å²) in [5.74, 6) is -1.28. The van der Waals surface area contributed by atoms with Gasteiger partial charge in [-0.1, -0.05) is 6.42 Å². The molecule has 0 bridgehead atoms. The third kappa shape index (κ3) is 6.86. The number of hydrogen-bond donors (Lipinski definition) is 2. The van der Waals surface area contributed by atoms with Crippen molar-refractivity contribution in [1.29, 1.82) is 0 Å². The van der Waals surface area contributed by atoms with Crippen LogP contribution in [0.2, 0.25) is 0 Å². The van der Waals surface area contributed by atoms with Gasteiger partial charge in [-0.05, 0) is 19.8 Å². The smallest absolute Gasteiger partial charge is 0.253 e. The van der Waals surface area contributed by atoms with Gasteiger partial charge in [0.1, 0.15) is 6.29 Å². The second kappa shape index (κ2) is 9.50. The van der Waals surface area contributed by atoms with Crippen molar-refractivity contribution in [1.82, 2.24) is 15.5 Å². The molecule has 0 aromatic rings. The molecule has 1 atom stereocenters. The van der Waals surface area contributed by atoms with Gasteiger partial charge in [-0.3, -0.25) is 24.1 Å². The third-order valence-corrected chi connectivity index (χ3v) is 3.23. The first-order chi connectivity index (χ1) is 10.9. The van der Waals surface area contributed by atoms with E-state index in [0.717, 1.165) is 0 Å². The van der Waals surface area contributed by atoms with Crippen LogP contribution >= 0.6 is 0 Å². The molecule has 1 rings (SSSR count). The van der Waals surface area contributed by atoms with Crippen LogP contribution in [0.25, 0.3) is 0 Å². The second-order valence-corrected chi connectivity index (χ2v) is 5.24. The molecule has 0 radical (unpaired) electrons. The number of unbranched alkanes of at least 4 members (excludes halogenated alkanes) is 2. The zero-order valence-electron chi connectivity index (χ0n) is 13.0. The van der Waals surface area contributed by atoms with E-state index >= 15 is 0 Å². The van der Waals surface area contributed by atoms with Gasteiger partial charge in [-0.25, -0.2) is 0 Å². The maximum atomic E-state index is 11.5. The topological polar surface area (TPSA) is 113 Å². The molecular formula is C15H21N3O5. The van der Waals surface area contributed by atoms with Crippen LogP contribution in [0.5, 0.6) is 0 Å². The summed E-state index contributed by atoms with van der Waals surface area (Å²) in [4.78, 5) is 57.0. The third-order valence-electron chi connectivity index (χ3n) is 3.23. The van der Waals surface area contributed by atoms with E-state index in [2.05, 4.69) is 10.6 Å². The number of nitrogens with one attached hydrogen (secondary N) is 2. The van der Waals surface area contributed by atoms with Crippen LogP contribution in [0.1, 0.15) is 32.6 Å². The van der Waals surface area contributed by atoms with Gasteiger partial charge in [-0.15, -0.1) is 0 Å². The highest BCUT2D eigenvalue weighted by molar-refractivity contribution is 6.12. The summed E-state index contributed by atoms with van der Waals surface area (Å²) < 4.78 is 0. The van der Waals surface area contributed by atoms with E-state index in [9.17, 15) is 24.0 Å². The highest BCUT2D eigenvalue weighted by atomic mass is 16.2. The van der Waals surface area contributed by atoms with E-state index in [1.165, 1.54) is 24.0 Å². The minimum Gasteiger partial charge on any atom is -0.347 e. The van der Waals surface area contributed by atoms with E-state index < -0.39 is 11.9 Å². The van der Waals surface area contributed by atoms with Crippen LogP contribution in [-0.4, -0.2) is 53.9 Å². The Morgan fingerprint density at radius 1 is 1.13 bits per heavy atom. The summed E-state index contributed by atoms with van der Waals surface area (Å²) in [6, 6.07) is -0.579.